The highest BCUT2D eigenvalue weighted by Gasteiger charge is 2.07. The van der Waals surface area contributed by atoms with Crippen molar-refractivity contribution in [2.75, 3.05) is 5.32 Å². The van der Waals surface area contributed by atoms with Gasteiger partial charge in [0.2, 0.25) is 0 Å². The van der Waals surface area contributed by atoms with Crippen LogP contribution >= 0.6 is 0 Å². The summed E-state index contributed by atoms with van der Waals surface area (Å²) < 4.78 is 26.5. The van der Waals surface area contributed by atoms with Gasteiger partial charge in [-0.2, -0.15) is 0 Å². The van der Waals surface area contributed by atoms with Gasteiger partial charge in [0.05, 0.1) is 5.69 Å². The smallest absolute Gasteiger partial charge is 0.146 e. The Labute approximate surface area is 112 Å². The van der Waals surface area contributed by atoms with E-state index in [2.05, 4.69) is 17.4 Å². The SMILES string of the molecule is CC(CCc1ccccc1)Nc1cc(F)ccc1F. The van der Waals surface area contributed by atoms with Crippen molar-refractivity contribution < 1.29 is 8.78 Å². The van der Waals surface area contributed by atoms with E-state index < -0.39 is 11.6 Å². The minimum absolute atomic E-state index is 0.0801. The number of hydrogen-bond acceptors (Lipinski definition) is 1. The molecule has 1 nitrogen and oxygen atoms in total. The minimum Gasteiger partial charge on any atom is -0.380 e. The van der Waals surface area contributed by atoms with E-state index in [1.807, 2.05) is 25.1 Å². The van der Waals surface area contributed by atoms with Crippen LogP contribution in [0.15, 0.2) is 48.5 Å². The van der Waals surface area contributed by atoms with Crippen LogP contribution in [0.25, 0.3) is 0 Å². The van der Waals surface area contributed by atoms with Gasteiger partial charge in [-0.15, -0.1) is 0 Å². The molecule has 0 saturated carbocycles. The molecule has 2 aromatic rings. The lowest BCUT2D eigenvalue weighted by Crippen LogP contribution is -2.17. The monoisotopic (exact) mass is 261 g/mol. The third-order valence-electron chi connectivity index (χ3n) is 3.04. The second-order valence-electron chi connectivity index (χ2n) is 4.69. The first-order valence-electron chi connectivity index (χ1n) is 6.40. The summed E-state index contributed by atoms with van der Waals surface area (Å²) in [6.07, 6.45) is 1.77. The molecule has 0 aliphatic rings. The second-order valence-corrected chi connectivity index (χ2v) is 4.69. The van der Waals surface area contributed by atoms with E-state index in [1.165, 1.54) is 11.6 Å². The Morgan fingerprint density at radius 1 is 1.05 bits per heavy atom. The number of aryl methyl sites for hydroxylation is 1. The highest BCUT2D eigenvalue weighted by molar-refractivity contribution is 5.45. The average molecular weight is 261 g/mol. The molecule has 3 heteroatoms. The first-order chi connectivity index (χ1) is 9.15. The van der Waals surface area contributed by atoms with Crippen LogP contribution in [-0.2, 0) is 6.42 Å². The van der Waals surface area contributed by atoms with Crippen molar-refractivity contribution in [1.82, 2.24) is 0 Å². The zero-order chi connectivity index (χ0) is 13.7. The van der Waals surface area contributed by atoms with Crippen molar-refractivity contribution in [3.05, 3.63) is 65.7 Å². The number of rotatable bonds is 5. The number of hydrogen-bond donors (Lipinski definition) is 1. The van der Waals surface area contributed by atoms with Gasteiger partial charge in [-0.3, -0.25) is 0 Å². The maximum atomic E-state index is 13.5. The van der Waals surface area contributed by atoms with E-state index in [0.29, 0.717) is 0 Å². The molecule has 100 valence electrons. The molecule has 1 N–H and O–H groups in total. The zero-order valence-corrected chi connectivity index (χ0v) is 10.9. The summed E-state index contributed by atoms with van der Waals surface area (Å²) in [5, 5.41) is 3.01. The molecular formula is C16H17F2N. The van der Waals surface area contributed by atoms with Crippen LogP contribution in [0.4, 0.5) is 14.5 Å². The topological polar surface area (TPSA) is 12.0 Å². The fraction of sp³-hybridized carbons (Fsp3) is 0.250. The largest absolute Gasteiger partial charge is 0.380 e. The molecule has 1 unspecified atom stereocenters. The van der Waals surface area contributed by atoms with Crippen LogP contribution in [0.1, 0.15) is 18.9 Å². The lowest BCUT2D eigenvalue weighted by Gasteiger charge is -2.15. The van der Waals surface area contributed by atoms with Crippen LogP contribution in [0.3, 0.4) is 0 Å². The molecular weight excluding hydrogens is 244 g/mol. The summed E-state index contributed by atoms with van der Waals surface area (Å²) in [4.78, 5) is 0. The number of anilines is 1. The lowest BCUT2D eigenvalue weighted by molar-refractivity contribution is 0.597. The molecule has 0 amide bonds. The van der Waals surface area contributed by atoms with Gasteiger partial charge >= 0.3 is 0 Å². The molecule has 0 aliphatic heterocycles. The van der Waals surface area contributed by atoms with E-state index in [9.17, 15) is 8.78 Å². The maximum absolute atomic E-state index is 13.5. The van der Waals surface area contributed by atoms with Crippen molar-refractivity contribution in [3.8, 4) is 0 Å². The highest BCUT2D eigenvalue weighted by atomic mass is 19.1. The summed E-state index contributed by atoms with van der Waals surface area (Å²) in [6, 6.07) is 13.6. The second kappa shape index (κ2) is 6.32. The fourth-order valence-corrected chi connectivity index (χ4v) is 1.97. The molecule has 0 aliphatic carbocycles. The van der Waals surface area contributed by atoms with Gasteiger partial charge in [-0.1, -0.05) is 30.3 Å². The van der Waals surface area contributed by atoms with Gasteiger partial charge in [-0.25, -0.2) is 8.78 Å². The van der Waals surface area contributed by atoms with Gasteiger partial charge in [0.15, 0.2) is 0 Å². The molecule has 19 heavy (non-hydrogen) atoms. The van der Waals surface area contributed by atoms with E-state index in [-0.39, 0.29) is 11.7 Å². The van der Waals surface area contributed by atoms with Crippen molar-refractivity contribution in [2.24, 2.45) is 0 Å². The van der Waals surface area contributed by atoms with Gasteiger partial charge in [0.25, 0.3) is 0 Å². The molecule has 0 heterocycles. The molecule has 0 bridgehead atoms. The number of halogens is 2. The molecule has 0 spiro atoms. The van der Waals surface area contributed by atoms with Gasteiger partial charge in [0, 0.05) is 6.04 Å². The maximum Gasteiger partial charge on any atom is 0.146 e. The Morgan fingerprint density at radius 2 is 1.79 bits per heavy atom. The molecule has 1 atom stereocenters. The first kappa shape index (κ1) is 13.5. The first-order valence-corrected chi connectivity index (χ1v) is 6.40. The van der Waals surface area contributed by atoms with E-state index in [0.717, 1.165) is 25.0 Å². The lowest BCUT2D eigenvalue weighted by atomic mass is 10.1. The summed E-state index contributed by atoms with van der Waals surface area (Å²) in [6.45, 7) is 1.97. The van der Waals surface area contributed by atoms with E-state index >= 15 is 0 Å². The standard InChI is InChI=1S/C16H17F2N/c1-12(7-8-13-5-3-2-4-6-13)19-16-11-14(17)9-10-15(16)18/h2-6,9-12,19H,7-8H2,1H3. The van der Waals surface area contributed by atoms with Gasteiger partial charge in [-0.05, 0) is 43.5 Å². The van der Waals surface area contributed by atoms with Crippen molar-refractivity contribution >= 4 is 5.69 Å². The van der Waals surface area contributed by atoms with Gasteiger partial charge < -0.3 is 5.32 Å². The number of nitrogens with one attached hydrogen (secondary N) is 1. The Kier molecular flexibility index (Phi) is 4.50. The molecule has 0 aromatic heterocycles. The summed E-state index contributed by atoms with van der Waals surface area (Å²) in [5.41, 5.74) is 1.47. The summed E-state index contributed by atoms with van der Waals surface area (Å²) in [5.74, 6) is -0.855. The highest BCUT2D eigenvalue weighted by Crippen LogP contribution is 2.17. The van der Waals surface area contributed by atoms with Crippen LogP contribution in [-0.4, -0.2) is 6.04 Å². The van der Waals surface area contributed by atoms with Crippen LogP contribution in [0.5, 0.6) is 0 Å². The molecule has 0 radical (unpaired) electrons. The fourth-order valence-electron chi connectivity index (χ4n) is 1.97. The normalized spacial score (nSPS) is 12.2. The quantitative estimate of drug-likeness (QED) is 0.841. The average Bonchev–Trinajstić information content (AvgIpc) is 2.42. The van der Waals surface area contributed by atoms with Gasteiger partial charge in [0.1, 0.15) is 11.6 Å². The van der Waals surface area contributed by atoms with Crippen molar-refractivity contribution in [1.29, 1.82) is 0 Å². The van der Waals surface area contributed by atoms with Crippen LogP contribution in [0, 0.1) is 11.6 Å². The Morgan fingerprint density at radius 3 is 2.53 bits per heavy atom. The van der Waals surface area contributed by atoms with Crippen LogP contribution in [0.2, 0.25) is 0 Å². The third-order valence-corrected chi connectivity index (χ3v) is 3.04. The summed E-state index contributed by atoms with van der Waals surface area (Å²) >= 11 is 0. The number of benzene rings is 2. The molecule has 2 rings (SSSR count). The van der Waals surface area contributed by atoms with E-state index in [4.69, 9.17) is 0 Å². The predicted molar refractivity (Wildman–Crippen MR) is 74.2 cm³/mol. The predicted octanol–water partition coefficient (Wildman–Crippen LogP) is 4.40. The minimum atomic E-state index is -0.431. The zero-order valence-electron chi connectivity index (χ0n) is 10.9. The summed E-state index contributed by atoms with van der Waals surface area (Å²) in [7, 11) is 0. The van der Waals surface area contributed by atoms with Crippen molar-refractivity contribution in [2.45, 2.75) is 25.8 Å². The van der Waals surface area contributed by atoms with E-state index in [1.54, 1.807) is 0 Å². The van der Waals surface area contributed by atoms with Crippen molar-refractivity contribution in [3.63, 3.8) is 0 Å². The molecule has 0 fully saturated rings. The Balaban J connectivity index is 1.90. The Bertz CT molecular complexity index is 526. The van der Waals surface area contributed by atoms with Crippen LogP contribution < -0.4 is 5.32 Å². The third kappa shape index (κ3) is 4.05. The molecule has 0 saturated heterocycles. The Hall–Kier alpha value is -1.90. The molecule has 2 aromatic carbocycles.